The maximum absolute atomic E-state index is 12.1. The van der Waals surface area contributed by atoms with Gasteiger partial charge in [0.15, 0.2) is 0 Å². The van der Waals surface area contributed by atoms with Crippen molar-refractivity contribution in [3.05, 3.63) is 29.8 Å². The van der Waals surface area contributed by atoms with Crippen molar-refractivity contribution < 1.29 is 9.53 Å². The molecule has 0 aliphatic carbocycles. The minimum Gasteiger partial charge on any atom is -0.496 e. The lowest BCUT2D eigenvalue weighted by atomic mass is 10.00. The fraction of sp³-hybridized carbons (Fsp3) is 0.611. The highest BCUT2D eigenvalue weighted by Crippen LogP contribution is 2.19. The highest BCUT2D eigenvalue weighted by atomic mass is 16.5. The Labute approximate surface area is 133 Å². The number of hydrogen-bond donors (Lipinski definition) is 1. The van der Waals surface area contributed by atoms with Crippen molar-refractivity contribution >= 4 is 5.91 Å². The molecule has 4 nitrogen and oxygen atoms in total. The van der Waals surface area contributed by atoms with Gasteiger partial charge in [0.05, 0.1) is 13.7 Å². The fourth-order valence-corrected chi connectivity index (χ4v) is 3.22. The molecule has 22 heavy (non-hydrogen) atoms. The minimum absolute atomic E-state index is 0.134. The van der Waals surface area contributed by atoms with Gasteiger partial charge in [0.1, 0.15) is 5.75 Å². The third-order valence-electron chi connectivity index (χ3n) is 4.48. The lowest BCUT2D eigenvalue weighted by Crippen LogP contribution is -2.45. The van der Waals surface area contributed by atoms with Crippen molar-refractivity contribution in [1.82, 2.24) is 10.2 Å². The lowest BCUT2D eigenvalue weighted by molar-refractivity contribution is -0.123. The van der Waals surface area contributed by atoms with Gasteiger partial charge in [0.25, 0.3) is 0 Å². The number of ether oxygens (including phenoxy) is 1. The maximum Gasteiger partial charge on any atom is 0.234 e. The van der Waals surface area contributed by atoms with Gasteiger partial charge in [-0.1, -0.05) is 31.5 Å². The molecule has 2 rings (SSSR count). The Morgan fingerprint density at radius 1 is 1.36 bits per heavy atom. The molecule has 0 bridgehead atoms. The van der Waals surface area contributed by atoms with Crippen molar-refractivity contribution in [3.8, 4) is 5.75 Å². The molecule has 1 unspecified atom stereocenters. The average molecular weight is 304 g/mol. The van der Waals surface area contributed by atoms with E-state index in [2.05, 4.69) is 17.1 Å². The second-order valence-corrected chi connectivity index (χ2v) is 5.94. The minimum atomic E-state index is 0.134. The third-order valence-corrected chi connectivity index (χ3v) is 4.48. The predicted octanol–water partition coefficient (Wildman–Crippen LogP) is 2.62. The van der Waals surface area contributed by atoms with Gasteiger partial charge in [-0.15, -0.1) is 0 Å². The van der Waals surface area contributed by atoms with Crippen LogP contribution in [0.3, 0.4) is 0 Å². The van der Waals surface area contributed by atoms with Gasteiger partial charge >= 0.3 is 0 Å². The zero-order valence-corrected chi connectivity index (χ0v) is 13.8. The van der Waals surface area contributed by atoms with E-state index in [1.807, 2.05) is 24.3 Å². The molecule has 1 heterocycles. The SMILES string of the molecule is CCC1CCCCN1CC(=O)NCCc1ccccc1OC. The lowest BCUT2D eigenvalue weighted by Gasteiger charge is -2.34. The Kier molecular flexibility index (Phi) is 6.72. The molecule has 1 aromatic rings. The smallest absolute Gasteiger partial charge is 0.234 e. The average Bonchev–Trinajstić information content (AvgIpc) is 2.55. The van der Waals surface area contributed by atoms with E-state index in [1.54, 1.807) is 7.11 Å². The first-order valence-electron chi connectivity index (χ1n) is 8.37. The van der Waals surface area contributed by atoms with E-state index < -0.39 is 0 Å². The maximum atomic E-state index is 12.1. The summed E-state index contributed by atoms with van der Waals surface area (Å²) in [5.41, 5.74) is 1.13. The summed E-state index contributed by atoms with van der Waals surface area (Å²) in [5, 5.41) is 3.04. The van der Waals surface area contributed by atoms with Crippen LogP contribution < -0.4 is 10.1 Å². The first kappa shape index (κ1) is 16.8. The van der Waals surface area contributed by atoms with Crippen LogP contribution in [0.15, 0.2) is 24.3 Å². The number of amides is 1. The molecule has 0 radical (unpaired) electrons. The Morgan fingerprint density at radius 2 is 2.18 bits per heavy atom. The number of carbonyl (C=O) groups excluding carboxylic acids is 1. The molecular formula is C18H28N2O2. The van der Waals surface area contributed by atoms with Crippen LogP contribution in [-0.4, -0.2) is 43.6 Å². The number of rotatable bonds is 7. The molecule has 1 fully saturated rings. The molecule has 1 aliphatic rings. The van der Waals surface area contributed by atoms with E-state index in [1.165, 1.54) is 19.3 Å². The van der Waals surface area contributed by atoms with E-state index >= 15 is 0 Å². The normalized spacial score (nSPS) is 18.9. The van der Waals surface area contributed by atoms with E-state index in [9.17, 15) is 4.79 Å². The van der Waals surface area contributed by atoms with E-state index in [0.717, 1.165) is 30.7 Å². The molecule has 0 saturated carbocycles. The van der Waals surface area contributed by atoms with Crippen LogP contribution in [0.4, 0.5) is 0 Å². The highest BCUT2D eigenvalue weighted by molar-refractivity contribution is 5.78. The Hall–Kier alpha value is -1.55. The van der Waals surface area contributed by atoms with Crippen molar-refractivity contribution in [2.24, 2.45) is 0 Å². The molecule has 1 aromatic carbocycles. The third kappa shape index (κ3) is 4.73. The van der Waals surface area contributed by atoms with E-state index in [0.29, 0.717) is 19.1 Å². The molecular weight excluding hydrogens is 276 g/mol. The van der Waals surface area contributed by atoms with Crippen LogP contribution >= 0.6 is 0 Å². The molecule has 1 atom stereocenters. The number of benzene rings is 1. The highest BCUT2D eigenvalue weighted by Gasteiger charge is 2.22. The number of para-hydroxylation sites is 1. The molecule has 4 heteroatoms. The van der Waals surface area contributed by atoms with Crippen molar-refractivity contribution in [2.45, 2.75) is 45.1 Å². The number of nitrogens with one attached hydrogen (secondary N) is 1. The topological polar surface area (TPSA) is 41.6 Å². The Bertz CT molecular complexity index is 476. The van der Waals surface area contributed by atoms with Crippen LogP contribution in [0.1, 0.15) is 38.2 Å². The van der Waals surface area contributed by atoms with Crippen molar-refractivity contribution in [1.29, 1.82) is 0 Å². The van der Waals surface area contributed by atoms with Gasteiger partial charge in [-0.25, -0.2) is 0 Å². The van der Waals surface area contributed by atoms with Gasteiger partial charge < -0.3 is 10.1 Å². The molecule has 1 amide bonds. The van der Waals surface area contributed by atoms with Crippen LogP contribution in [0.2, 0.25) is 0 Å². The number of methoxy groups -OCH3 is 1. The fourth-order valence-electron chi connectivity index (χ4n) is 3.22. The van der Waals surface area contributed by atoms with Crippen LogP contribution in [0.5, 0.6) is 5.75 Å². The molecule has 1 N–H and O–H groups in total. The Balaban J connectivity index is 1.75. The first-order valence-corrected chi connectivity index (χ1v) is 8.37. The van der Waals surface area contributed by atoms with Gasteiger partial charge in [-0.2, -0.15) is 0 Å². The zero-order valence-electron chi connectivity index (χ0n) is 13.8. The number of likely N-dealkylation sites (tertiary alicyclic amines) is 1. The van der Waals surface area contributed by atoms with Gasteiger partial charge in [-0.05, 0) is 43.9 Å². The summed E-state index contributed by atoms with van der Waals surface area (Å²) in [5.74, 6) is 1.02. The summed E-state index contributed by atoms with van der Waals surface area (Å²) in [6.07, 6.45) is 5.67. The summed E-state index contributed by atoms with van der Waals surface area (Å²) >= 11 is 0. The standard InChI is InChI=1S/C18H28N2O2/c1-3-16-9-6-7-13-20(16)14-18(21)19-12-11-15-8-4-5-10-17(15)22-2/h4-5,8,10,16H,3,6-7,9,11-14H2,1-2H3,(H,19,21). The van der Waals surface area contributed by atoms with Crippen molar-refractivity contribution in [2.75, 3.05) is 26.7 Å². The number of carbonyl (C=O) groups is 1. The van der Waals surface area contributed by atoms with Crippen LogP contribution in [-0.2, 0) is 11.2 Å². The number of hydrogen-bond acceptors (Lipinski definition) is 3. The van der Waals surface area contributed by atoms with Gasteiger partial charge in [0.2, 0.25) is 5.91 Å². The largest absolute Gasteiger partial charge is 0.496 e. The number of piperidine rings is 1. The van der Waals surface area contributed by atoms with Gasteiger partial charge in [0, 0.05) is 12.6 Å². The summed E-state index contributed by atoms with van der Waals surface area (Å²) < 4.78 is 5.33. The second kappa shape index (κ2) is 8.79. The summed E-state index contributed by atoms with van der Waals surface area (Å²) in [7, 11) is 1.68. The zero-order chi connectivity index (χ0) is 15.8. The van der Waals surface area contributed by atoms with Gasteiger partial charge in [-0.3, -0.25) is 9.69 Å². The number of nitrogens with zero attached hydrogens (tertiary/aromatic N) is 1. The Morgan fingerprint density at radius 3 is 2.95 bits per heavy atom. The monoisotopic (exact) mass is 304 g/mol. The molecule has 0 spiro atoms. The second-order valence-electron chi connectivity index (χ2n) is 5.94. The van der Waals surface area contributed by atoms with Crippen molar-refractivity contribution in [3.63, 3.8) is 0 Å². The molecule has 0 aromatic heterocycles. The van der Waals surface area contributed by atoms with Crippen LogP contribution in [0, 0.1) is 0 Å². The quantitative estimate of drug-likeness (QED) is 0.842. The molecule has 1 aliphatic heterocycles. The first-order chi connectivity index (χ1) is 10.7. The molecule has 122 valence electrons. The summed E-state index contributed by atoms with van der Waals surface area (Å²) in [6, 6.07) is 8.54. The van der Waals surface area contributed by atoms with Crippen LogP contribution in [0.25, 0.3) is 0 Å². The summed E-state index contributed by atoms with van der Waals surface area (Å²) in [4.78, 5) is 14.5. The molecule has 1 saturated heterocycles. The van der Waals surface area contributed by atoms with E-state index in [4.69, 9.17) is 4.74 Å². The summed E-state index contributed by atoms with van der Waals surface area (Å²) in [6.45, 7) is 4.45. The van der Waals surface area contributed by atoms with E-state index in [-0.39, 0.29) is 5.91 Å². The predicted molar refractivity (Wildman–Crippen MR) is 89.2 cm³/mol.